The number of anilines is 1. The first kappa shape index (κ1) is 18.9. The van der Waals surface area contributed by atoms with E-state index >= 15 is 0 Å². The molecule has 3 aromatic carbocycles. The Labute approximate surface area is 171 Å². The molecule has 0 aliphatic heterocycles. The second-order valence-corrected chi connectivity index (χ2v) is 7.51. The number of rotatable bonds is 6. The van der Waals surface area contributed by atoms with Crippen molar-refractivity contribution >= 4 is 22.6 Å². The van der Waals surface area contributed by atoms with Crippen LogP contribution in [0.2, 0.25) is 0 Å². The van der Waals surface area contributed by atoms with E-state index in [1.807, 2.05) is 60.9 Å². The molecule has 29 heavy (non-hydrogen) atoms. The molecule has 4 nitrogen and oxygen atoms in total. The average Bonchev–Trinajstić information content (AvgIpc) is 3.04. The number of hydrogen-bond donors (Lipinski definition) is 1. The van der Waals surface area contributed by atoms with Crippen molar-refractivity contribution in [2.24, 2.45) is 0 Å². The standard InChI is InChI=1S/C25H25N3O/c1-18-14-19(2)16-21(15-18)26-25(29)17-28-23-11-7-6-10-22(23)27-24(28)13-12-20-8-4-3-5-9-20/h3-11,14-16H,12-13,17H2,1-2H3,(H,26,29). The van der Waals surface area contributed by atoms with Crippen molar-refractivity contribution in [3.05, 3.63) is 95.3 Å². The molecule has 1 N–H and O–H groups in total. The van der Waals surface area contributed by atoms with Crippen LogP contribution in [-0.4, -0.2) is 15.5 Å². The van der Waals surface area contributed by atoms with Crippen LogP contribution in [-0.2, 0) is 24.2 Å². The van der Waals surface area contributed by atoms with Gasteiger partial charge in [0, 0.05) is 12.1 Å². The lowest BCUT2D eigenvalue weighted by Gasteiger charge is -2.11. The van der Waals surface area contributed by atoms with Gasteiger partial charge in [0.1, 0.15) is 12.4 Å². The predicted octanol–water partition coefficient (Wildman–Crippen LogP) is 5.08. The number of nitrogens with zero attached hydrogens (tertiary/aromatic N) is 2. The van der Waals surface area contributed by atoms with Gasteiger partial charge >= 0.3 is 0 Å². The summed E-state index contributed by atoms with van der Waals surface area (Å²) in [6.07, 6.45) is 1.68. The van der Waals surface area contributed by atoms with Crippen LogP contribution in [0.5, 0.6) is 0 Å². The minimum atomic E-state index is -0.0425. The van der Waals surface area contributed by atoms with Crippen LogP contribution in [0.25, 0.3) is 11.0 Å². The van der Waals surface area contributed by atoms with Crippen LogP contribution in [0, 0.1) is 13.8 Å². The summed E-state index contributed by atoms with van der Waals surface area (Å²) in [5.74, 6) is 0.893. The molecule has 0 unspecified atom stereocenters. The van der Waals surface area contributed by atoms with E-state index in [-0.39, 0.29) is 12.5 Å². The molecule has 0 fully saturated rings. The molecular weight excluding hydrogens is 358 g/mol. The number of benzene rings is 3. The summed E-state index contributed by atoms with van der Waals surface area (Å²) in [6.45, 7) is 4.32. The van der Waals surface area contributed by atoms with Crippen LogP contribution in [0.15, 0.2) is 72.8 Å². The molecule has 1 amide bonds. The van der Waals surface area contributed by atoms with Crippen molar-refractivity contribution < 1.29 is 4.79 Å². The van der Waals surface area contributed by atoms with Gasteiger partial charge in [0.15, 0.2) is 0 Å². The maximum atomic E-state index is 12.8. The number of amides is 1. The van der Waals surface area contributed by atoms with Crippen molar-refractivity contribution in [2.75, 3.05) is 5.32 Å². The summed E-state index contributed by atoms with van der Waals surface area (Å²) in [5, 5.41) is 3.04. The second-order valence-electron chi connectivity index (χ2n) is 7.51. The fraction of sp³-hybridized carbons (Fsp3) is 0.200. The zero-order valence-corrected chi connectivity index (χ0v) is 16.9. The lowest BCUT2D eigenvalue weighted by Crippen LogP contribution is -2.20. The van der Waals surface area contributed by atoms with Gasteiger partial charge < -0.3 is 9.88 Å². The first-order valence-corrected chi connectivity index (χ1v) is 9.95. The molecule has 146 valence electrons. The minimum absolute atomic E-state index is 0.0425. The monoisotopic (exact) mass is 383 g/mol. The lowest BCUT2D eigenvalue weighted by atomic mass is 10.1. The number of aromatic nitrogens is 2. The Morgan fingerprint density at radius 3 is 2.34 bits per heavy atom. The summed E-state index contributed by atoms with van der Waals surface area (Å²) in [7, 11) is 0. The summed E-state index contributed by atoms with van der Waals surface area (Å²) >= 11 is 0. The Hall–Kier alpha value is -3.40. The van der Waals surface area contributed by atoms with Gasteiger partial charge in [0.25, 0.3) is 0 Å². The first-order chi connectivity index (χ1) is 14.1. The van der Waals surface area contributed by atoms with Gasteiger partial charge in [0.05, 0.1) is 11.0 Å². The summed E-state index contributed by atoms with van der Waals surface area (Å²) in [5.41, 5.74) is 6.29. The highest BCUT2D eigenvalue weighted by Crippen LogP contribution is 2.19. The third-order valence-electron chi connectivity index (χ3n) is 5.02. The lowest BCUT2D eigenvalue weighted by molar-refractivity contribution is -0.116. The van der Waals surface area contributed by atoms with E-state index in [9.17, 15) is 4.79 Å². The minimum Gasteiger partial charge on any atom is -0.325 e. The normalized spacial score (nSPS) is 11.0. The number of fused-ring (bicyclic) bond motifs is 1. The predicted molar refractivity (Wildman–Crippen MR) is 118 cm³/mol. The van der Waals surface area contributed by atoms with E-state index in [1.54, 1.807) is 0 Å². The van der Waals surface area contributed by atoms with Crippen LogP contribution in [0.1, 0.15) is 22.5 Å². The summed E-state index contributed by atoms with van der Waals surface area (Å²) in [4.78, 5) is 17.6. The van der Waals surface area contributed by atoms with Gasteiger partial charge in [-0.05, 0) is 61.2 Å². The highest BCUT2D eigenvalue weighted by atomic mass is 16.1. The van der Waals surface area contributed by atoms with Crippen molar-refractivity contribution in [2.45, 2.75) is 33.2 Å². The Morgan fingerprint density at radius 2 is 1.59 bits per heavy atom. The number of para-hydroxylation sites is 2. The maximum Gasteiger partial charge on any atom is 0.244 e. The van der Waals surface area contributed by atoms with E-state index in [1.165, 1.54) is 5.56 Å². The second kappa shape index (κ2) is 8.31. The zero-order valence-electron chi connectivity index (χ0n) is 16.9. The number of aryl methyl sites for hydroxylation is 4. The fourth-order valence-electron chi connectivity index (χ4n) is 3.78. The summed E-state index contributed by atoms with van der Waals surface area (Å²) < 4.78 is 2.04. The van der Waals surface area contributed by atoms with E-state index in [0.717, 1.165) is 46.5 Å². The molecule has 4 rings (SSSR count). The van der Waals surface area contributed by atoms with Crippen molar-refractivity contribution in [1.82, 2.24) is 9.55 Å². The van der Waals surface area contributed by atoms with Gasteiger partial charge in [-0.25, -0.2) is 4.98 Å². The number of nitrogens with one attached hydrogen (secondary N) is 1. The van der Waals surface area contributed by atoms with Crippen LogP contribution in [0.3, 0.4) is 0 Å². The molecule has 1 heterocycles. The Morgan fingerprint density at radius 1 is 0.897 bits per heavy atom. The molecule has 0 aliphatic carbocycles. The molecule has 0 aliphatic rings. The van der Waals surface area contributed by atoms with Crippen LogP contribution < -0.4 is 5.32 Å². The average molecular weight is 383 g/mol. The number of carbonyl (C=O) groups excluding carboxylic acids is 1. The van der Waals surface area contributed by atoms with Crippen molar-refractivity contribution in [1.29, 1.82) is 0 Å². The molecule has 0 spiro atoms. The molecule has 0 saturated carbocycles. The van der Waals surface area contributed by atoms with Crippen molar-refractivity contribution in [3.63, 3.8) is 0 Å². The SMILES string of the molecule is Cc1cc(C)cc(NC(=O)Cn2c(CCc3ccccc3)nc3ccccc32)c1. The van der Waals surface area contributed by atoms with E-state index < -0.39 is 0 Å². The maximum absolute atomic E-state index is 12.8. The third-order valence-corrected chi connectivity index (χ3v) is 5.02. The molecule has 0 saturated heterocycles. The largest absolute Gasteiger partial charge is 0.325 e. The third kappa shape index (κ3) is 4.54. The Balaban J connectivity index is 1.57. The van der Waals surface area contributed by atoms with Gasteiger partial charge in [-0.15, -0.1) is 0 Å². The van der Waals surface area contributed by atoms with Gasteiger partial charge in [0.2, 0.25) is 5.91 Å². The molecule has 0 bridgehead atoms. The highest BCUT2D eigenvalue weighted by molar-refractivity contribution is 5.92. The topological polar surface area (TPSA) is 46.9 Å². The molecule has 0 radical (unpaired) electrons. The van der Waals surface area contributed by atoms with Crippen LogP contribution >= 0.6 is 0 Å². The molecular formula is C25H25N3O. The summed E-state index contributed by atoms with van der Waals surface area (Å²) in [6, 6.07) is 24.5. The number of imidazole rings is 1. The fourth-order valence-corrected chi connectivity index (χ4v) is 3.78. The Bertz CT molecular complexity index is 1130. The molecule has 1 aromatic heterocycles. The quantitative estimate of drug-likeness (QED) is 0.505. The zero-order chi connectivity index (χ0) is 20.2. The van der Waals surface area contributed by atoms with E-state index in [4.69, 9.17) is 4.98 Å². The van der Waals surface area contributed by atoms with Gasteiger partial charge in [-0.3, -0.25) is 4.79 Å². The number of carbonyl (C=O) groups is 1. The van der Waals surface area contributed by atoms with Crippen molar-refractivity contribution in [3.8, 4) is 0 Å². The molecule has 4 aromatic rings. The van der Waals surface area contributed by atoms with Crippen LogP contribution in [0.4, 0.5) is 5.69 Å². The smallest absolute Gasteiger partial charge is 0.244 e. The number of hydrogen-bond acceptors (Lipinski definition) is 2. The molecule has 4 heteroatoms. The Kier molecular flexibility index (Phi) is 5.43. The molecule has 0 atom stereocenters. The highest BCUT2D eigenvalue weighted by Gasteiger charge is 2.14. The van der Waals surface area contributed by atoms with E-state index in [2.05, 4.69) is 35.6 Å². The van der Waals surface area contributed by atoms with Gasteiger partial charge in [-0.2, -0.15) is 0 Å². The van der Waals surface area contributed by atoms with Gasteiger partial charge in [-0.1, -0.05) is 48.5 Å². The van der Waals surface area contributed by atoms with E-state index in [0.29, 0.717) is 0 Å². The first-order valence-electron chi connectivity index (χ1n) is 9.95.